The lowest BCUT2D eigenvalue weighted by Gasteiger charge is -2.34. The van der Waals surface area contributed by atoms with Gasteiger partial charge in [0.15, 0.2) is 0 Å². The largest absolute Gasteiger partial charge is 0.334 e. The maximum absolute atomic E-state index is 2.48. The first-order valence-corrected chi connectivity index (χ1v) is 16.1. The van der Waals surface area contributed by atoms with Crippen molar-refractivity contribution in [3.05, 3.63) is 181 Å². The molecule has 0 amide bonds. The van der Waals surface area contributed by atoms with Gasteiger partial charge in [0, 0.05) is 28.1 Å². The van der Waals surface area contributed by atoms with E-state index in [1.165, 1.54) is 50.1 Å². The number of fused-ring (bicyclic) bond motifs is 1. The number of rotatable bonds is 8. The lowest BCUT2D eigenvalue weighted by molar-refractivity contribution is 0.783. The van der Waals surface area contributed by atoms with Gasteiger partial charge in [-0.15, -0.1) is 0 Å². The van der Waals surface area contributed by atoms with E-state index in [-0.39, 0.29) is 6.04 Å². The van der Waals surface area contributed by atoms with Crippen LogP contribution in [0.3, 0.4) is 0 Å². The normalized spacial score (nSPS) is 14.2. The monoisotopic (exact) mass is 594 g/mol. The molecule has 0 aliphatic heterocycles. The molecule has 0 spiro atoms. The van der Waals surface area contributed by atoms with E-state index in [9.17, 15) is 0 Å². The van der Waals surface area contributed by atoms with Crippen LogP contribution in [0.2, 0.25) is 0 Å². The second kappa shape index (κ2) is 13.2. The first-order chi connectivity index (χ1) is 22.7. The van der Waals surface area contributed by atoms with E-state index in [0.29, 0.717) is 0 Å². The van der Waals surface area contributed by atoms with E-state index in [0.717, 1.165) is 17.8 Å². The number of hydrogen-bond donors (Lipinski definition) is 0. The van der Waals surface area contributed by atoms with E-state index in [1.54, 1.807) is 0 Å². The van der Waals surface area contributed by atoms with Crippen molar-refractivity contribution in [3.8, 4) is 11.1 Å². The second-order valence-corrected chi connectivity index (χ2v) is 11.7. The molecule has 0 unspecified atom stereocenters. The smallest absolute Gasteiger partial charge is 0.0559 e. The molecule has 46 heavy (non-hydrogen) atoms. The van der Waals surface area contributed by atoms with E-state index >= 15 is 0 Å². The van der Waals surface area contributed by atoms with Crippen molar-refractivity contribution in [1.82, 2.24) is 0 Å². The van der Waals surface area contributed by atoms with Crippen LogP contribution >= 0.6 is 0 Å². The zero-order valence-corrected chi connectivity index (χ0v) is 26.4. The van der Waals surface area contributed by atoms with E-state index in [1.807, 2.05) is 0 Å². The second-order valence-electron chi connectivity index (χ2n) is 11.7. The van der Waals surface area contributed by atoms with Gasteiger partial charge in [0.1, 0.15) is 0 Å². The van der Waals surface area contributed by atoms with Crippen LogP contribution < -0.4 is 9.80 Å². The number of para-hydroxylation sites is 1. The zero-order valence-electron chi connectivity index (χ0n) is 26.4. The minimum absolute atomic E-state index is 0.257. The third kappa shape index (κ3) is 5.78. The maximum Gasteiger partial charge on any atom is 0.0559 e. The van der Waals surface area contributed by atoms with E-state index in [4.69, 9.17) is 0 Å². The number of hydrogen-bond acceptors (Lipinski definition) is 2. The summed E-state index contributed by atoms with van der Waals surface area (Å²) >= 11 is 0. The van der Waals surface area contributed by atoms with Gasteiger partial charge in [-0.1, -0.05) is 127 Å². The molecule has 0 saturated heterocycles. The predicted octanol–water partition coefficient (Wildman–Crippen LogP) is 12.3. The van der Waals surface area contributed by atoms with Crippen molar-refractivity contribution in [2.24, 2.45) is 0 Å². The molecule has 6 aromatic rings. The lowest BCUT2D eigenvalue weighted by Crippen LogP contribution is -2.30. The van der Waals surface area contributed by atoms with Crippen molar-refractivity contribution in [3.63, 3.8) is 0 Å². The first-order valence-electron chi connectivity index (χ1n) is 16.1. The lowest BCUT2D eigenvalue weighted by atomic mass is 9.99. The molecule has 0 saturated carbocycles. The number of nitrogens with zero attached hydrogens (tertiary/aromatic N) is 2. The van der Waals surface area contributed by atoms with Gasteiger partial charge >= 0.3 is 0 Å². The van der Waals surface area contributed by atoms with Crippen LogP contribution in [0.5, 0.6) is 0 Å². The van der Waals surface area contributed by atoms with Crippen LogP contribution in [-0.4, -0.2) is 6.04 Å². The van der Waals surface area contributed by atoms with Crippen LogP contribution in [0.15, 0.2) is 170 Å². The Labute approximate surface area is 272 Å². The van der Waals surface area contributed by atoms with Crippen molar-refractivity contribution in [2.45, 2.75) is 26.3 Å². The van der Waals surface area contributed by atoms with E-state index < -0.39 is 0 Å². The Kier molecular flexibility index (Phi) is 8.34. The Hall–Kier alpha value is -5.60. The Balaban J connectivity index is 1.23. The highest BCUT2D eigenvalue weighted by Crippen LogP contribution is 2.40. The fraction of sp³-hybridized carbons (Fsp3) is 0.0909. The highest BCUT2D eigenvalue weighted by molar-refractivity contribution is 5.99. The number of anilines is 5. The topological polar surface area (TPSA) is 6.48 Å². The quantitative estimate of drug-likeness (QED) is 0.173. The molecular weight excluding hydrogens is 556 g/mol. The van der Waals surface area contributed by atoms with Gasteiger partial charge in [-0.25, -0.2) is 0 Å². The van der Waals surface area contributed by atoms with Gasteiger partial charge < -0.3 is 9.80 Å². The minimum Gasteiger partial charge on any atom is -0.334 e. The summed E-state index contributed by atoms with van der Waals surface area (Å²) in [6, 6.07) is 50.6. The average molecular weight is 595 g/mol. The molecule has 7 rings (SSSR count). The fourth-order valence-corrected chi connectivity index (χ4v) is 6.56. The third-order valence-electron chi connectivity index (χ3n) is 8.87. The van der Waals surface area contributed by atoms with Crippen LogP contribution in [0.1, 0.15) is 24.5 Å². The molecule has 0 radical (unpaired) electrons. The summed E-state index contributed by atoms with van der Waals surface area (Å²) in [5.74, 6) is 0. The Bertz CT molecular complexity index is 2030. The highest BCUT2D eigenvalue weighted by atomic mass is 15.2. The molecule has 0 N–H and O–H groups in total. The van der Waals surface area contributed by atoms with Crippen LogP contribution in [-0.2, 0) is 0 Å². The van der Waals surface area contributed by atoms with Gasteiger partial charge in [-0.2, -0.15) is 0 Å². The summed E-state index contributed by atoms with van der Waals surface area (Å²) in [5, 5.41) is 2.46. The molecule has 6 aromatic carbocycles. The molecule has 0 aromatic heterocycles. The molecule has 0 bridgehead atoms. The van der Waals surface area contributed by atoms with Crippen molar-refractivity contribution in [2.75, 3.05) is 9.80 Å². The molecule has 1 aliphatic rings. The van der Waals surface area contributed by atoms with Gasteiger partial charge in [0.05, 0.1) is 11.7 Å². The van der Waals surface area contributed by atoms with Crippen molar-refractivity contribution < 1.29 is 0 Å². The molecule has 0 heterocycles. The standard InChI is InChI=1S/C44H38N2/c1-3-14-34-16-12-23-43(33(34)2)45(38-18-6-4-7-19-38)40-29-25-35(26-30-40)36-27-31-41(32-28-36)46(39-20-8-5-9-21-39)44-24-13-17-37-15-10-11-22-42(37)44/h3-18,20-32,38H,19H2,1-2H3/b14-3-/t38-/m0/s1. The molecule has 224 valence electrons. The summed E-state index contributed by atoms with van der Waals surface area (Å²) < 4.78 is 0. The van der Waals surface area contributed by atoms with Crippen LogP contribution in [0, 0.1) is 6.92 Å². The van der Waals surface area contributed by atoms with Crippen molar-refractivity contribution >= 4 is 45.3 Å². The number of benzene rings is 6. The summed E-state index contributed by atoms with van der Waals surface area (Å²) in [5.41, 5.74) is 10.8. The Morgan fingerprint density at radius 1 is 0.587 bits per heavy atom. The third-order valence-corrected chi connectivity index (χ3v) is 8.87. The molecule has 1 atom stereocenters. The van der Waals surface area contributed by atoms with Crippen LogP contribution in [0.25, 0.3) is 28.0 Å². The Morgan fingerprint density at radius 3 is 1.93 bits per heavy atom. The summed E-state index contributed by atoms with van der Waals surface area (Å²) in [4.78, 5) is 4.83. The van der Waals surface area contributed by atoms with Gasteiger partial charge in [0.25, 0.3) is 0 Å². The highest BCUT2D eigenvalue weighted by Gasteiger charge is 2.21. The molecular formula is C44H38N2. The summed E-state index contributed by atoms with van der Waals surface area (Å²) in [6.07, 6.45) is 14.2. The van der Waals surface area contributed by atoms with Gasteiger partial charge in [0.2, 0.25) is 0 Å². The summed E-state index contributed by atoms with van der Waals surface area (Å²) in [6.45, 7) is 4.31. The average Bonchev–Trinajstić information content (AvgIpc) is 3.12. The molecule has 0 fully saturated rings. The summed E-state index contributed by atoms with van der Waals surface area (Å²) in [7, 11) is 0. The first kappa shape index (κ1) is 29.1. The van der Waals surface area contributed by atoms with E-state index in [2.05, 4.69) is 200 Å². The zero-order chi connectivity index (χ0) is 31.3. The van der Waals surface area contributed by atoms with Gasteiger partial charge in [-0.3, -0.25) is 0 Å². The number of allylic oxidation sites excluding steroid dienone is 3. The maximum atomic E-state index is 2.48. The fourth-order valence-electron chi connectivity index (χ4n) is 6.56. The molecule has 2 heteroatoms. The molecule has 1 aliphatic carbocycles. The predicted molar refractivity (Wildman–Crippen MR) is 199 cm³/mol. The molecule has 2 nitrogen and oxygen atoms in total. The Morgan fingerprint density at radius 2 is 1.22 bits per heavy atom. The van der Waals surface area contributed by atoms with Crippen LogP contribution in [0.4, 0.5) is 28.4 Å². The minimum atomic E-state index is 0.257. The SMILES string of the molecule is C/C=C\c1cccc(N(c2ccc(-c3ccc(N(c4ccccc4)c4cccc5ccccc45)cc3)cc2)[C@H]2C=CC=CC2)c1C. The van der Waals surface area contributed by atoms with Crippen molar-refractivity contribution in [1.29, 1.82) is 0 Å². The van der Waals surface area contributed by atoms with Gasteiger partial charge in [-0.05, 0) is 96.4 Å².